The minimum atomic E-state index is -3.56. The molecule has 112 valence electrons. The summed E-state index contributed by atoms with van der Waals surface area (Å²) in [4.78, 5) is 0.198. The second-order valence-electron chi connectivity index (χ2n) is 4.56. The molecule has 0 atom stereocenters. The van der Waals surface area contributed by atoms with Gasteiger partial charge in [0.1, 0.15) is 11.6 Å². The smallest absolute Gasteiger partial charge is 0.185 e. The van der Waals surface area contributed by atoms with E-state index >= 15 is 0 Å². The van der Waals surface area contributed by atoms with Gasteiger partial charge in [-0.2, -0.15) is 4.68 Å². The molecule has 0 aliphatic rings. The Morgan fingerprint density at radius 3 is 2.36 bits per heavy atom. The predicted molar refractivity (Wildman–Crippen MR) is 76.4 cm³/mol. The standard InChI is InChI=1S/C14H11FN4O2S/c15-11-6-8-12(9-7-11)19-14(16-17-18-19)10-22(20,21)13-4-2-1-3-5-13/h1-9H,10H2. The molecule has 1 aromatic heterocycles. The van der Waals surface area contributed by atoms with Crippen molar-refractivity contribution in [1.29, 1.82) is 0 Å². The topological polar surface area (TPSA) is 77.7 Å². The van der Waals surface area contributed by atoms with Crippen molar-refractivity contribution in [2.24, 2.45) is 0 Å². The first-order valence-electron chi connectivity index (χ1n) is 6.37. The number of halogens is 1. The number of tetrazole rings is 1. The van der Waals surface area contributed by atoms with Crippen LogP contribution in [0, 0.1) is 5.82 Å². The molecule has 3 aromatic rings. The summed E-state index contributed by atoms with van der Waals surface area (Å²) in [6.45, 7) is 0. The van der Waals surface area contributed by atoms with Crippen molar-refractivity contribution in [3.05, 3.63) is 66.2 Å². The van der Waals surface area contributed by atoms with E-state index in [-0.39, 0.29) is 16.5 Å². The Bertz CT molecular complexity index is 877. The van der Waals surface area contributed by atoms with Gasteiger partial charge in [0, 0.05) is 0 Å². The summed E-state index contributed by atoms with van der Waals surface area (Å²) in [5.41, 5.74) is 0.490. The van der Waals surface area contributed by atoms with Crippen molar-refractivity contribution < 1.29 is 12.8 Å². The summed E-state index contributed by atoms with van der Waals surface area (Å²) in [5, 5.41) is 11.0. The van der Waals surface area contributed by atoms with Crippen LogP contribution in [-0.4, -0.2) is 28.6 Å². The monoisotopic (exact) mass is 318 g/mol. The fourth-order valence-electron chi connectivity index (χ4n) is 1.96. The summed E-state index contributed by atoms with van der Waals surface area (Å²) in [5.74, 6) is -0.577. The van der Waals surface area contributed by atoms with Gasteiger partial charge >= 0.3 is 0 Å². The summed E-state index contributed by atoms with van der Waals surface area (Å²) in [7, 11) is -3.56. The van der Waals surface area contributed by atoms with Gasteiger partial charge in [-0.1, -0.05) is 18.2 Å². The fourth-order valence-corrected chi connectivity index (χ4v) is 3.22. The molecule has 0 aliphatic carbocycles. The van der Waals surface area contributed by atoms with Crippen molar-refractivity contribution >= 4 is 9.84 Å². The average Bonchev–Trinajstić information content (AvgIpc) is 2.96. The summed E-state index contributed by atoms with van der Waals surface area (Å²) >= 11 is 0. The Morgan fingerprint density at radius 2 is 1.68 bits per heavy atom. The molecule has 22 heavy (non-hydrogen) atoms. The molecule has 2 aromatic carbocycles. The zero-order valence-electron chi connectivity index (χ0n) is 11.3. The van der Waals surface area contributed by atoms with E-state index < -0.39 is 15.7 Å². The molecule has 1 heterocycles. The first-order valence-corrected chi connectivity index (χ1v) is 8.02. The molecule has 0 radical (unpaired) electrons. The van der Waals surface area contributed by atoms with Gasteiger partial charge in [-0.05, 0) is 46.8 Å². The highest BCUT2D eigenvalue weighted by Crippen LogP contribution is 2.16. The molecule has 8 heteroatoms. The van der Waals surface area contributed by atoms with Crippen LogP contribution in [0.4, 0.5) is 4.39 Å². The zero-order valence-corrected chi connectivity index (χ0v) is 12.1. The van der Waals surface area contributed by atoms with Gasteiger partial charge in [-0.15, -0.1) is 5.10 Å². The number of benzene rings is 2. The van der Waals surface area contributed by atoms with Gasteiger partial charge in [0.2, 0.25) is 0 Å². The summed E-state index contributed by atoms with van der Waals surface area (Å²) in [6, 6.07) is 13.5. The van der Waals surface area contributed by atoms with Crippen LogP contribution in [-0.2, 0) is 15.6 Å². The molecule has 0 saturated heterocycles. The van der Waals surface area contributed by atoms with Gasteiger partial charge in [-0.25, -0.2) is 12.8 Å². The van der Waals surface area contributed by atoms with E-state index in [0.29, 0.717) is 5.69 Å². The first kappa shape index (κ1) is 14.3. The average molecular weight is 318 g/mol. The molecule has 0 aliphatic heterocycles. The highest BCUT2D eigenvalue weighted by molar-refractivity contribution is 7.90. The van der Waals surface area contributed by atoms with Crippen molar-refractivity contribution in [3.8, 4) is 5.69 Å². The maximum Gasteiger partial charge on any atom is 0.185 e. The van der Waals surface area contributed by atoms with Crippen LogP contribution in [0.15, 0.2) is 59.5 Å². The fraction of sp³-hybridized carbons (Fsp3) is 0.0714. The van der Waals surface area contributed by atoms with Crippen LogP contribution in [0.5, 0.6) is 0 Å². The molecule has 0 bridgehead atoms. The highest BCUT2D eigenvalue weighted by atomic mass is 32.2. The first-order chi connectivity index (χ1) is 10.6. The lowest BCUT2D eigenvalue weighted by atomic mass is 10.3. The Kier molecular flexibility index (Phi) is 3.68. The van der Waals surface area contributed by atoms with Gasteiger partial charge < -0.3 is 0 Å². The SMILES string of the molecule is O=S(=O)(Cc1nnnn1-c1ccc(F)cc1)c1ccccc1. The third-order valence-corrected chi connectivity index (χ3v) is 4.66. The normalized spacial score (nSPS) is 11.5. The maximum absolute atomic E-state index is 13.0. The molecule has 0 unspecified atom stereocenters. The van der Waals surface area contributed by atoms with Crippen molar-refractivity contribution in [1.82, 2.24) is 20.2 Å². The summed E-state index contributed by atoms with van der Waals surface area (Å²) in [6.07, 6.45) is 0. The Morgan fingerprint density at radius 1 is 1.00 bits per heavy atom. The van der Waals surface area contributed by atoms with Gasteiger partial charge in [0.25, 0.3) is 0 Å². The van der Waals surface area contributed by atoms with E-state index in [2.05, 4.69) is 15.5 Å². The van der Waals surface area contributed by atoms with Crippen molar-refractivity contribution in [2.45, 2.75) is 10.6 Å². The van der Waals surface area contributed by atoms with Crippen LogP contribution < -0.4 is 0 Å². The molecule has 3 rings (SSSR count). The van der Waals surface area contributed by atoms with Crippen LogP contribution in [0.25, 0.3) is 5.69 Å². The molecular weight excluding hydrogens is 307 g/mol. The van der Waals surface area contributed by atoms with E-state index in [9.17, 15) is 12.8 Å². The molecular formula is C14H11FN4O2S. The lowest BCUT2D eigenvalue weighted by Gasteiger charge is -2.06. The zero-order chi connectivity index (χ0) is 15.6. The largest absolute Gasteiger partial charge is 0.223 e. The van der Waals surface area contributed by atoms with E-state index in [4.69, 9.17) is 0 Å². The minimum Gasteiger partial charge on any atom is -0.223 e. The molecule has 0 N–H and O–H groups in total. The van der Waals surface area contributed by atoms with Gasteiger partial charge in [-0.3, -0.25) is 0 Å². The molecule has 6 nitrogen and oxygen atoms in total. The van der Waals surface area contributed by atoms with Crippen LogP contribution in [0.1, 0.15) is 5.82 Å². The van der Waals surface area contributed by atoms with Gasteiger partial charge in [0.05, 0.1) is 10.6 Å². The number of nitrogens with zero attached hydrogens (tertiary/aromatic N) is 4. The quantitative estimate of drug-likeness (QED) is 0.732. The lowest BCUT2D eigenvalue weighted by molar-refractivity contribution is 0.592. The second kappa shape index (κ2) is 5.64. The van der Waals surface area contributed by atoms with E-state index in [1.54, 1.807) is 18.2 Å². The number of hydrogen-bond acceptors (Lipinski definition) is 5. The predicted octanol–water partition coefficient (Wildman–Crippen LogP) is 1.78. The number of sulfone groups is 1. The van der Waals surface area contributed by atoms with E-state index in [1.807, 2.05) is 0 Å². The third-order valence-electron chi connectivity index (χ3n) is 3.03. The minimum absolute atomic E-state index is 0.162. The Labute approximate surface area is 126 Å². The van der Waals surface area contributed by atoms with Crippen LogP contribution in [0.2, 0.25) is 0 Å². The third kappa shape index (κ3) is 2.86. The van der Waals surface area contributed by atoms with Crippen LogP contribution in [0.3, 0.4) is 0 Å². The Balaban J connectivity index is 1.95. The highest BCUT2D eigenvalue weighted by Gasteiger charge is 2.20. The van der Waals surface area contributed by atoms with E-state index in [0.717, 1.165) is 0 Å². The number of hydrogen-bond donors (Lipinski definition) is 0. The maximum atomic E-state index is 13.0. The van der Waals surface area contributed by atoms with Crippen molar-refractivity contribution in [2.75, 3.05) is 0 Å². The van der Waals surface area contributed by atoms with Gasteiger partial charge in [0.15, 0.2) is 15.7 Å². The second-order valence-corrected chi connectivity index (χ2v) is 6.55. The molecule has 0 saturated carbocycles. The molecule has 0 spiro atoms. The number of rotatable bonds is 4. The van der Waals surface area contributed by atoms with Crippen LogP contribution >= 0.6 is 0 Å². The number of aromatic nitrogens is 4. The summed E-state index contributed by atoms with van der Waals surface area (Å²) < 4.78 is 39.0. The van der Waals surface area contributed by atoms with E-state index in [1.165, 1.54) is 41.1 Å². The Hall–Kier alpha value is -2.61. The lowest BCUT2D eigenvalue weighted by Crippen LogP contribution is -2.11. The molecule has 0 amide bonds. The van der Waals surface area contributed by atoms with Crippen molar-refractivity contribution in [3.63, 3.8) is 0 Å². The molecule has 0 fully saturated rings.